The number of hydrogen-bond donors (Lipinski definition) is 1. The summed E-state index contributed by atoms with van der Waals surface area (Å²) in [4.78, 5) is 25.6. The van der Waals surface area contributed by atoms with Crippen molar-refractivity contribution >= 4 is 40.0 Å². The molecule has 2 aromatic heterocycles. The van der Waals surface area contributed by atoms with Crippen molar-refractivity contribution in [3.63, 3.8) is 0 Å². The van der Waals surface area contributed by atoms with Crippen molar-refractivity contribution in [3.8, 4) is 16.9 Å². The van der Waals surface area contributed by atoms with E-state index in [1.54, 1.807) is 23.6 Å². The minimum atomic E-state index is -0.601. The van der Waals surface area contributed by atoms with E-state index in [9.17, 15) is 14.0 Å². The fourth-order valence-electron chi connectivity index (χ4n) is 4.19. The fraction of sp³-hybridized carbons (Fsp3) is 0.290. The van der Waals surface area contributed by atoms with Crippen molar-refractivity contribution in [2.75, 3.05) is 18.2 Å². The van der Waals surface area contributed by atoms with E-state index in [0.29, 0.717) is 33.7 Å². The van der Waals surface area contributed by atoms with Crippen molar-refractivity contribution in [1.29, 1.82) is 0 Å². The van der Waals surface area contributed by atoms with Crippen LogP contribution in [0.5, 0.6) is 5.75 Å². The fourth-order valence-corrected chi connectivity index (χ4v) is 5.92. The van der Waals surface area contributed by atoms with Gasteiger partial charge in [-0.15, -0.1) is 28.1 Å². The molecule has 8 nitrogen and oxygen atoms in total. The molecule has 0 aliphatic rings. The van der Waals surface area contributed by atoms with E-state index in [0.717, 1.165) is 5.75 Å². The van der Waals surface area contributed by atoms with Gasteiger partial charge in [0.1, 0.15) is 22.1 Å². The lowest BCUT2D eigenvalue weighted by atomic mass is 9.87. The summed E-state index contributed by atoms with van der Waals surface area (Å²) in [6.07, 6.45) is 1.33. The van der Waals surface area contributed by atoms with Crippen LogP contribution in [0.1, 0.15) is 55.5 Å². The van der Waals surface area contributed by atoms with Crippen LogP contribution in [-0.4, -0.2) is 39.5 Å². The molecule has 11 heteroatoms. The number of esters is 1. The predicted molar refractivity (Wildman–Crippen MR) is 165 cm³/mol. The summed E-state index contributed by atoms with van der Waals surface area (Å²) in [5.41, 5.74) is 2.65. The molecule has 4 rings (SSSR count). The molecule has 42 heavy (non-hydrogen) atoms. The van der Waals surface area contributed by atoms with Gasteiger partial charge in [0, 0.05) is 17.5 Å². The first-order valence-corrected chi connectivity index (χ1v) is 15.1. The molecule has 0 saturated heterocycles. The molecule has 0 fully saturated rings. The molecule has 0 saturated carbocycles. The van der Waals surface area contributed by atoms with E-state index in [-0.39, 0.29) is 28.5 Å². The molecule has 2 aromatic carbocycles. The highest BCUT2D eigenvalue weighted by molar-refractivity contribution is 7.99. The van der Waals surface area contributed by atoms with Crippen molar-refractivity contribution < 1.29 is 23.5 Å². The number of nitrogens with one attached hydrogen (secondary N) is 1. The molecular weight excluding hydrogens is 575 g/mol. The third kappa shape index (κ3) is 7.27. The van der Waals surface area contributed by atoms with Crippen LogP contribution in [0.25, 0.3) is 11.1 Å². The van der Waals surface area contributed by atoms with Gasteiger partial charge < -0.3 is 14.8 Å². The lowest BCUT2D eigenvalue weighted by molar-refractivity contribution is -0.113. The number of rotatable bonds is 11. The number of hydrogen-bond acceptors (Lipinski definition) is 8. The van der Waals surface area contributed by atoms with E-state index in [4.69, 9.17) is 9.47 Å². The zero-order valence-corrected chi connectivity index (χ0v) is 25.8. The van der Waals surface area contributed by atoms with Gasteiger partial charge in [0.2, 0.25) is 5.91 Å². The molecule has 0 radical (unpaired) electrons. The number of aromatic nitrogens is 3. The molecule has 0 aliphatic carbocycles. The van der Waals surface area contributed by atoms with Crippen LogP contribution in [0.3, 0.4) is 0 Å². The smallest absolute Gasteiger partial charge is 0.341 e. The zero-order valence-electron chi connectivity index (χ0n) is 24.1. The Bertz CT molecular complexity index is 1560. The third-order valence-electron chi connectivity index (χ3n) is 6.38. The second kappa shape index (κ2) is 13.3. The number of benzene rings is 2. The van der Waals surface area contributed by atoms with Crippen molar-refractivity contribution in [2.45, 2.75) is 50.9 Å². The third-order valence-corrected chi connectivity index (χ3v) is 8.24. The van der Waals surface area contributed by atoms with Crippen LogP contribution in [0.4, 0.5) is 9.39 Å². The Balaban J connectivity index is 1.46. The lowest BCUT2D eigenvalue weighted by Gasteiger charge is -2.20. The standard InChI is InChI=1S/C31H33FN4O4S2/c1-7-16-36-27(19(2)40-23-14-10-21(11-15-23)31(3,4)5)34-35-30(36)42-18-25(37)33-28-26(29(38)39-6)24(17-41-28)20-8-12-22(32)13-9-20/h7-15,17,19H,1,16,18H2,2-6H3,(H,33,37). The van der Waals surface area contributed by atoms with E-state index < -0.39 is 12.1 Å². The Hall–Kier alpha value is -3.96. The van der Waals surface area contributed by atoms with E-state index in [2.05, 4.69) is 55.0 Å². The first kappa shape index (κ1) is 31.0. The first-order valence-electron chi connectivity index (χ1n) is 13.2. The summed E-state index contributed by atoms with van der Waals surface area (Å²) in [5.74, 6) is 0.0136. The maximum Gasteiger partial charge on any atom is 0.341 e. The van der Waals surface area contributed by atoms with Crippen LogP contribution < -0.4 is 10.1 Å². The lowest BCUT2D eigenvalue weighted by Crippen LogP contribution is -2.17. The molecule has 0 aliphatic heterocycles. The molecular formula is C31H33FN4O4S2. The molecule has 1 unspecified atom stereocenters. The molecule has 0 spiro atoms. The highest BCUT2D eigenvalue weighted by atomic mass is 32.2. The predicted octanol–water partition coefficient (Wildman–Crippen LogP) is 7.29. The van der Waals surface area contributed by atoms with Crippen molar-refractivity contribution in [2.24, 2.45) is 0 Å². The topological polar surface area (TPSA) is 95.3 Å². The number of halogens is 1. The van der Waals surface area contributed by atoms with Crippen LogP contribution in [0.15, 0.2) is 71.7 Å². The number of methoxy groups -OCH3 is 1. The number of amides is 1. The van der Waals surface area contributed by atoms with Crippen LogP contribution in [0.2, 0.25) is 0 Å². The molecule has 0 bridgehead atoms. The number of thioether (sulfide) groups is 1. The molecule has 1 N–H and O–H groups in total. The van der Waals surface area contributed by atoms with Crippen molar-refractivity contribution in [3.05, 3.63) is 89.3 Å². The second-order valence-electron chi connectivity index (χ2n) is 10.5. The number of carbonyl (C=O) groups excluding carboxylic acids is 2. The maximum atomic E-state index is 13.4. The minimum Gasteiger partial charge on any atom is -0.483 e. The Labute approximate surface area is 253 Å². The number of allylic oxidation sites excluding steroid dienone is 1. The number of nitrogens with zero attached hydrogens (tertiary/aromatic N) is 3. The molecule has 1 amide bonds. The largest absolute Gasteiger partial charge is 0.483 e. The van der Waals surface area contributed by atoms with E-state index in [1.165, 1.54) is 47.9 Å². The molecule has 220 valence electrons. The van der Waals surface area contributed by atoms with Crippen LogP contribution in [-0.2, 0) is 21.5 Å². The monoisotopic (exact) mass is 608 g/mol. The van der Waals surface area contributed by atoms with Gasteiger partial charge in [0.05, 0.1) is 12.9 Å². The highest BCUT2D eigenvalue weighted by Gasteiger charge is 2.24. The Morgan fingerprint density at radius 1 is 1.14 bits per heavy atom. The number of carbonyl (C=O) groups is 2. The SMILES string of the molecule is C=CCn1c(SCC(=O)Nc2scc(-c3ccc(F)cc3)c2C(=O)OC)nnc1C(C)Oc1ccc(C(C)(C)C)cc1. The van der Waals surface area contributed by atoms with Gasteiger partial charge in [-0.2, -0.15) is 0 Å². The Morgan fingerprint density at radius 2 is 1.83 bits per heavy atom. The van der Waals surface area contributed by atoms with Crippen LogP contribution >= 0.6 is 23.1 Å². The highest BCUT2D eigenvalue weighted by Crippen LogP contribution is 2.36. The number of thiophene rings is 1. The molecule has 1 atom stereocenters. The van der Waals surface area contributed by atoms with Gasteiger partial charge in [-0.05, 0) is 47.7 Å². The Kier molecular flexibility index (Phi) is 9.85. The Morgan fingerprint density at radius 3 is 2.45 bits per heavy atom. The second-order valence-corrected chi connectivity index (χ2v) is 12.3. The summed E-state index contributed by atoms with van der Waals surface area (Å²) in [7, 11) is 1.27. The van der Waals surface area contributed by atoms with Gasteiger partial charge in [-0.3, -0.25) is 9.36 Å². The van der Waals surface area contributed by atoms with E-state index in [1.807, 2.05) is 23.6 Å². The van der Waals surface area contributed by atoms with Gasteiger partial charge >= 0.3 is 5.97 Å². The summed E-state index contributed by atoms with van der Waals surface area (Å²) in [6, 6.07) is 13.8. The normalized spacial score (nSPS) is 12.0. The van der Waals surface area contributed by atoms with Gasteiger partial charge in [0.25, 0.3) is 0 Å². The quantitative estimate of drug-likeness (QED) is 0.109. The first-order chi connectivity index (χ1) is 20.0. The van der Waals surface area contributed by atoms with Gasteiger partial charge in [0.15, 0.2) is 17.1 Å². The van der Waals surface area contributed by atoms with Gasteiger partial charge in [-0.1, -0.05) is 62.9 Å². The summed E-state index contributed by atoms with van der Waals surface area (Å²) < 4.78 is 26.4. The van der Waals surface area contributed by atoms with E-state index >= 15 is 0 Å². The average Bonchev–Trinajstić information content (AvgIpc) is 3.56. The molecule has 2 heterocycles. The number of anilines is 1. The zero-order chi connectivity index (χ0) is 30.4. The van der Waals surface area contributed by atoms with Crippen molar-refractivity contribution in [1.82, 2.24) is 14.8 Å². The maximum absolute atomic E-state index is 13.4. The minimum absolute atomic E-state index is 0.0170. The average molecular weight is 609 g/mol. The number of ether oxygens (including phenoxy) is 2. The molecule has 4 aromatic rings. The van der Waals surface area contributed by atoms with Gasteiger partial charge in [-0.25, -0.2) is 9.18 Å². The van der Waals surface area contributed by atoms with Crippen LogP contribution in [0, 0.1) is 5.82 Å². The summed E-state index contributed by atoms with van der Waals surface area (Å²) >= 11 is 2.40. The summed E-state index contributed by atoms with van der Waals surface area (Å²) in [6.45, 7) is 12.6. The summed E-state index contributed by atoms with van der Waals surface area (Å²) in [5, 5.41) is 14.1.